The molecule has 6 nitrogen and oxygen atoms in total. The van der Waals surface area contributed by atoms with Gasteiger partial charge in [0.05, 0.1) is 6.34 Å². The van der Waals surface area contributed by atoms with Gasteiger partial charge in [0.1, 0.15) is 5.60 Å². The number of carbonyl (C=O) groups excluding carboxylic acids is 1. The molecule has 0 aromatic carbocycles. The molecule has 0 aliphatic carbocycles. The predicted molar refractivity (Wildman–Crippen MR) is 84.2 cm³/mol. The van der Waals surface area contributed by atoms with E-state index in [0.29, 0.717) is 31.3 Å². The largest absolute Gasteiger partial charge is 0.444 e. The fraction of sp³-hybridized carbons (Fsp3) is 0.769. The average molecular weight is 300 g/mol. The van der Waals surface area contributed by atoms with Crippen LogP contribution in [0.15, 0.2) is 4.99 Å². The smallest absolute Gasteiger partial charge is 0.410 e. The Kier molecular flexibility index (Phi) is 5.74. The number of ether oxygens (including phenoxy) is 1. The molecule has 1 aliphatic heterocycles. The van der Waals surface area contributed by atoms with Crippen molar-refractivity contribution in [3.05, 3.63) is 0 Å². The van der Waals surface area contributed by atoms with Gasteiger partial charge in [0.25, 0.3) is 0 Å². The fourth-order valence-electron chi connectivity index (χ4n) is 1.65. The van der Waals surface area contributed by atoms with Crippen LogP contribution in [0.5, 0.6) is 0 Å². The number of carbonyl (C=O) groups is 1. The van der Waals surface area contributed by atoms with Crippen LogP contribution in [-0.2, 0) is 4.74 Å². The molecule has 0 N–H and O–H groups in total. The average Bonchev–Trinajstić information content (AvgIpc) is 2.34. The van der Waals surface area contributed by atoms with Crippen molar-refractivity contribution in [1.82, 2.24) is 14.7 Å². The van der Waals surface area contributed by atoms with Gasteiger partial charge < -0.3 is 19.4 Å². The van der Waals surface area contributed by atoms with E-state index in [9.17, 15) is 4.79 Å². The Bertz CT molecular complexity index is 382. The molecule has 0 aromatic rings. The predicted octanol–water partition coefficient (Wildman–Crippen LogP) is 1.41. The summed E-state index contributed by atoms with van der Waals surface area (Å²) in [5.41, 5.74) is -0.459. The first kappa shape index (κ1) is 16.7. The molecule has 0 aromatic heterocycles. The van der Waals surface area contributed by atoms with Crippen LogP contribution in [0.3, 0.4) is 0 Å². The van der Waals surface area contributed by atoms with Crippen molar-refractivity contribution in [2.75, 3.05) is 40.3 Å². The fourth-order valence-corrected chi connectivity index (χ4v) is 1.88. The number of hydrogen-bond acceptors (Lipinski definition) is 3. The van der Waals surface area contributed by atoms with Crippen LogP contribution in [0, 0.1) is 0 Å². The number of hydrogen-bond donors (Lipinski definition) is 0. The van der Waals surface area contributed by atoms with E-state index >= 15 is 0 Å². The Morgan fingerprint density at radius 2 is 1.70 bits per heavy atom. The summed E-state index contributed by atoms with van der Waals surface area (Å²) in [6, 6.07) is 0. The van der Waals surface area contributed by atoms with Crippen LogP contribution in [0.4, 0.5) is 4.79 Å². The molecule has 0 spiro atoms. The molecule has 20 heavy (non-hydrogen) atoms. The monoisotopic (exact) mass is 300 g/mol. The number of aliphatic imine (C=N–C) groups is 1. The summed E-state index contributed by atoms with van der Waals surface area (Å²) in [5, 5.41) is 0.558. The number of rotatable bonds is 1. The van der Waals surface area contributed by atoms with E-state index in [-0.39, 0.29) is 6.09 Å². The van der Waals surface area contributed by atoms with E-state index in [1.54, 1.807) is 11.2 Å². The van der Waals surface area contributed by atoms with Crippen LogP contribution in [0.1, 0.15) is 20.8 Å². The number of piperazine rings is 1. The van der Waals surface area contributed by atoms with Crippen molar-refractivity contribution in [2.45, 2.75) is 26.4 Å². The zero-order valence-corrected chi connectivity index (χ0v) is 13.7. The first-order chi connectivity index (χ1) is 9.19. The third-order valence-electron chi connectivity index (χ3n) is 2.60. The first-order valence-corrected chi connectivity index (χ1v) is 7.07. The number of amides is 1. The third kappa shape index (κ3) is 5.73. The molecule has 1 fully saturated rings. The summed E-state index contributed by atoms with van der Waals surface area (Å²) >= 11 is 5.25. The topological polar surface area (TPSA) is 48.4 Å². The molecule has 1 saturated heterocycles. The Hall–Kier alpha value is -1.37. The molecule has 1 aliphatic rings. The molecule has 1 amide bonds. The van der Waals surface area contributed by atoms with E-state index in [1.165, 1.54) is 0 Å². The van der Waals surface area contributed by atoms with Gasteiger partial charge in [-0.3, -0.25) is 0 Å². The number of nitrogens with zero attached hydrogens (tertiary/aromatic N) is 4. The zero-order valence-electron chi connectivity index (χ0n) is 12.9. The SMILES string of the molecule is CN(C)C=NC(=S)N1CCN(C(=O)OC(C)(C)C)CC1. The second kappa shape index (κ2) is 6.88. The van der Waals surface area contributed by atoms with Gasteiger partial charge in [0.2, 0.25) is 0 Å². The number of thiocarbonyl (C=S) groups is 1. The standard InChI is InChI=1S/C13H24N4O2S/c1-13(2,3)19-12(18)17-8-6-16(7-9-17)11(20)14-10-15(4)5/h10H,6-9H2,1-5H3. The van der Waals surface area contributed by atoms with Gasteiger partial charge in [-0.05, 0) is 33.0 Å². The lowest BCUT2D eigenvalue weighted by atomic mass is 10.2. The Morgan fingerprint density at radius 3 is 2.15 bits per heavy atom. The first-order valence-electron chi connectivity index (χ1n) is 6.66. The van der Waals surface area contributed by atoms with Gasteiger partial charge in [-0.1, -0.05) is 0 Å². The van der Waals surface area contributed by atoms with Gasteiger partial charge in [0, 0.05) is 40.3 Å². The minimum absolute atomic E-state index is 0.264. The quantitative estimate of drug-likeness (QED) is 0.416. The van der Waals surface area contributed by atoms with Gasteiger partial charge >= 0.3 is 6.09 Å². The molecule has 0 atom stereocenters. The highest BCUT2D eigenvalue weighted by Crippen LogP contribution is 2.12. The Labute approximate surface area is 126 Å². The maximum atomic E-state index is 11.9. The van der Waals surface area contributed by atoms with Crippen molar-refractivity contribution >= 4 is 29.8 Å². The van der Waals surface area contributed by atoms with Crippen LogP contribution in [0.2, 0.25) is 0 Å². The summed E-state index contributed by atoms with van der Waals surface area (Å²) in [6.07, 6.45) is 1.42. The van der Waals surface area contributed by atoms with Gasteiger partial charge in [0.15, 0.2) is 5.11 Å². The molecular weight excluding hydrogens is 276 g/mol. The summed E-state index contributed by atoms with van der Waals surface area (Å²) in [4.78, 5) is 21.7. The van der Waals surface area contributed by atoms with E-state index in [1.807, 2.05) is 44.7 Å². The lowest BCUT2D eigenvalue weighted by Gasteiger charge is -2.35. The molecule has 114 valence electrons. The van der Waals surface area contributed by atoms with Crippen LogP contribution < -0.4 is 0 Å². The van der Waals surface area contributed by atoms with E-state index in [0.717, 1.165) is 0 Å². The van der Waals surface area contributed by atoms with Crippen molar-refractivity contribution in [3.8, 4) is 0 Å². The zero-order chi connectivity index (χ0) is 15.3. The minimum Gasteiger partial charge on any atom is -0.444 e. The molecule has 0 saturated carbocycles. The lowest BCUT2D eigenvalue weighted by molar-refractivity contribution is 0.0188. The molecule has 7 heteroatoms. The normalized spacial score (nSPS) is 16.4. The van der Waals surface area contributed by atoms with Gasteiger partial charge in [-0.2, -0.15) is 0 Å². The second-order valence-corrected chi connectivity index (χ2v) is 6.31. The van der Waals surface area contributed by atoms with Crippen molar-refractivity contribution in [3.63, 3.8) is 0 Å². The van der Waals surface area contributed by atoms with E-state index in [4.69, 9.17) is 17.0 Å². The Morgan fingerprint density at radius 1 is 1.20 bits per heavy atom. The summed E-state index contributed by atoms with van der Waals surface area (Å²) < 4.78 is 5.35. The Balaban J connectivity index is 2.44. The van der Waals surface area contributed by atoms with Gasteiger partial charge in [-0.15, -0.1) is 0 Å². The maximum absolute atomic E-state index is 11.9. The summed E-state index contributed by atoms with van der Waals surface area (Å²) in [7, 11) is 3.79. The van der Waals surface area contributed by atoms with Crippen LogP contribution >= 0.6 is 12.2 Å². The van der Waals surface area contributed by atoms with E-state index < -0.39 is 5.60 Å². The molecule has 0 unspecified atom stereocenters. The third-order valence-corrected chi connectivity index (χ3v) is 2.96. The molecule has 1 heterocycles. The van der Waals surface area contributed by atoms with Crippen LogP contribution in [-0.4, -0.2) is 78.1 Å². The van der Waals surface area contributed by atoms with Crippen molar-refractivity contribution < 1.29 is 9.53 Å². The highest BCUT2D eigenvalue weighted by atomic mass is 32.1. The maximum Gasteiger partial charge on any atom is 0.410 e. The minimum atomic E-state index is -0.459. The summed E-state index contributed by atoms with van der Waals surface area (Å²) in [5.74, 6) is 0. The van der Waals surface area contributed by atoms with Gasteiger partial charge in [-0.25, -0.2) is 9.79 Å². The molecule has 0 bridgehead atoms. The van der Waals surface area contributed by atoms with Crippen molar-refractivity contribution in [2.24, 2.45) is 4.99 Å². The summed E-state index contributed by atoms with van der Waals surface area (Å²) in [6.45, 7) is 8.18. The molecule has 1 rings (SSSR count). The molecule has 0 radical (unpaired) electrons. The second-order valence-electron chi connectivity index (χ2n) is 5.95. The van der Waals surface area contributed by atoms with Crippen LogP contribution in [0.25, 0.3) is 0 Å². The highest BCUT2D eigenvalue weighted by Gasteiger charge is 2.26. The highest BCUT2D eigenvalue weighted by molar-refractivity contribution is 7.80. The molecular formula is C13H24N4O2S. The lowest BCUT2D eigenvalue weighted by Crippen LogP contribution is -2.51. The van der Waals surface area contributed by atoms with E-state index in [2.05, 4.69) is 4.99 Å². The van der Waals surface area contributed by atoms with Crippen molar-refractivity contribution in [1.29, 1.82) is 0 Å².